The highest BCUT2D eigenvalue weighted by Crippen LogP contribution is 2.43. The number of hydrogen-bond donors (Lipinski definition) is 2. The largest absolute Gasteiger partial charge is 0.481 e. The van der Waals surface area contributed by atoms with Crippen LogP contribution in [-0.2, 0) is 27.9 Å². The summed E-state index contributed by atoms with van der Waals surface area (Å²) < 4.78 is 48.7. The molecule has 5 aromatic carbocycles. The summed E-state index contributed by atoms with van der Waals surface area (Å²) in [5.74, 6) is -1.65. The molecule has 0 amide bonds. The van der Waals surface area contributed by atoms with E-state index in [2.05, 4.69) is 130 Å². The molecule has 6 rings (SSSR count). The van der Waals surface area contributed by atoms with Gasteiger partial charge in [-0.25, -0.2) is 4.39 Å². The number of carboxylic acids is 1. The van der Waals surface area contributed by atoms with Gasteiger partial charge in [-0.05, 0) is 105 Å². The molecule has 0 aliphatic carbocycles. The molecule has 384 valence electrons. The van der Waals surface area contributed by atoms with Crippen LogP contribution in [-0.4, -0.2) is 106 Å². The number of carboxylic acid groups (broad SMARTS) is 1. The van der Waals surface area contributed by atoms with Gasteiger partial charge in [-0.1, -0.05) is 148 Å². The van der Waals surface area contributed by atoms with E-state index in [1.54, 1.807) is 38.8 Å². The van der Waals surface area contributed by atoms with Gasteiger partial charge in [0.25, 0.3) is 0 Å². The molecule has 0 radical (unpaired) electrons. The third-order valence-corrected chi connectivity index (χ3v) is 22.6. The van der Waals surface area contributed by atoms with Gasteiger partial charge in [-0.2, -0.15) is 0 Å². The van der Waals surface area contributed by atoms with Crippen LogP contribution < -0.4 is 15.9 Å². The number of aliphatic hydroxyl groups is 1. The molecule has 1 heterocycles. The van der Waals surface area contributed by atoms with Crippen molar-refractivity contribution in [3.05, 3.63) is 151 Å². The molecule has 0 aliphatic heterocycles. The molecule has 2 N–H and O–H groups in total. The first kappa shape index (κ1) is 60.4. The lowest BCUT2D eigenvalue weighted by atomic mass is 10.0. The average Bonchev–Trinajstić information content (AvgIpc) is 3.63. The van der Waals surface area contributed by atoms with Crippen molar-refractivity contribution in [2.75, 3.05) is 46.1 Å². The van der Waals surface area contributed by atoms with Crippen molar-refractivity contribution in [3.8, 4) is 11.1 Å². The van der Waals surface area contributed by atoms with Crippen molar-refractivity contribution in [2.24, 2.45) is 0 Å². The molecular formula is C56H75FNO9P3Si. The van der Waals surface area contributed by atoms with E-state index in [0.717, 1.165) is 28.3 Å². The lowest BCUT2D eigenvalue weighted by Gasteiger charge is -2.39. The topological polar surface area (TPSA) is 149 Å². The minimum absolute atomic E-state index is 0.0230. The number of ether oxygens (including phenoxy) is 1. The maximum absolute atomic E-state index is 13.2. The van der Waals surface area contributed by atoms with E-state index < -0.39 is 53.6 Å². The first-order chi connectivity index (χ1) is 33.0. The van der Waals surface area contributed by atoms with E-state index in [0.29, 0.717) is 11.9 Å². The van der Waals surface area contributed by atoms with Crippen LogP contribution in [0.4, 0.5) is 4.39 Å². The van der Waals surface area contributed by atoms with Gasteiger partial charge in [0.2, 0.25) is 0 Å². The van der Waals surface area contributed by atoms with Crippen molar-refractivity contribution >= 4 is 80.8 Å². The minimum Gasteiger partial charge on any atom is -0.481 e. The zero-order chi connectivity index (χ0) is 53.4. The van der Waals surface area contributed by atoms with Crippen molar-refractivity contribution in [1.29, 1.82) is 0 Å². The second kappa shape index (κ2) is 26.7. The zero-order valence-corrected chi connectivity index (χ0v) is 47.2. The van der Waals surface area contributed by atoms with Crippen LogP contribution in [0.5, 0.6) is 0 Å². The first-order valence-corrected chi connectivity index (χ1v) is 34.0. The van der Waals surface area contributed by atoms with Gasteiger partial charge in [0.1, 0.15) is 5.82 Å². The number of para-hydroxylation sites is 1. The van der Waals surface area contributed by atoms with Crippen molar-refractivity contribution < 1.29 is 47.3 Å². The highest BCUT2D eigenvalue weighted by Gasteiger charge is 2.40. The number of fused-ring (bicyclic) bond motifs is 1. The van der Waals surface area contributed by atoms with Crippen LogP contribution in [0.2, 0.25) is 18.1 Å². The summed E-state index contributed by atoms with van der Waals surface area (Å²) in [6.45, 7) is 19.3. The number of aliphatic carboxylic acids is 1. The Labute approximate surface area is 422 Å². The normalized spacial score (nSPS) is 12.8. The molecule has 6 aromatic rings. The minimum atomic E-state index is -2.28. The summed E-state index contributed by atoms with van der Waals surface area (Å²) in [7, 11) is -5.29. The van der Waals surface area contributed by atoms with Gasteiger partial charge in [0.15, 0.2) is 14.6 Å². The number of aliphatic hydroxyl groups excluding tert-OH is 1. The Morgan fingerprint density at radius 3 is 1.55 bits per heavy atom. The van der Waals surface area contributed by atoms with Crippen molar-refractivity contribution in [3.63, 3.8) is 0 Å². The predicted molar refractivity (Wildman–Crippen MR) is 301 cm³/mol. The summed E-state index contributed by atoms with van der Waals surface area (Å²) in [5.41, 5.74) is 3.38. The molecule has 10 nitrogen and oxygen atoms in total. The maximum Gasteiger partial charge on any atom is 0.308 e. The Hall–Kier alpha value is -4.92. The fraction of sp³-hybridized carbons (Fsp3) is 0.357. The zero-order valence-electron chi connectivity index (χ0n) is 43.5. The van der Waals surface area contributed by atoms with Crippen molar-refractivity contribution in [2.45, 2.75) is 83.8 Å². The van der Waals surface area contributed by atoms with Gasteiger partial charge >= 0.3 is 11.9 Å². The Morgan fingerprint density at radius 1 is 0.732 bits per heavy atom. The second-order valence-corrected chi connectivity index (χ2v) is 35.2. The van der Waals surface area contributed by atoms with Crippen LogP contribution in [0.15, 0.2) is 140 Å². The van der Waals surface area contributed by atoms with Gasteiger partial charge < -0.3 is 33.1 Å². The summed E-state index contributed by atoms with van der Waals surface area (Å²) in [5, 5.41) is 23.1. The van der Waals surface area contributed by atoms with Crippen LogP contribution in [0.25, 0.3) is 22.0 Å². The number of aldehydes is 1. The Bertz CT molecular complexity index is 2680. The molecule has 71 heavy (non-hydrogen) atoms. The summed E-state index contributed by atoms with van der Waals surface area (Å²) in [4.78, 5) is 33.2. The molecule has 0 saturated heterocycles. The third kappa shape index (κ3) is 18.6. The number of rotatable bonds is 16. The van der Waals surface area contributed by atoms with Gasteiger partial charge in [0, 0.05) is 34.8 Å². The smallest absolute Gasteiger partial charge is 0.308 e. The van der Waals surface area contributed by atoms with Crippen molar-refractivity contribution in [1.82, 2.24) is 4.57 Å². The van der Waals surface area contributed by atoms with E-state index in [1.165, 1.54) is 35.2 Å². The fourth-order valence-corrected chi connectivity index (χ4v) is 14.4. The molecule has 15 heteroatoms. The average molecular weight is 1050 g/mol. The van der Waals surface area contributed by atoms with Gasteiger partial charge in [-0.3, -0.25) is 14.4 Å². The molecule has 0 spiro atoms. The van der Waals surface area contributed by atoms with Crippen LogP contribution in [0, 0.1) is 5.82 Å². The number of benzene rings is 5. The first-order valence-electron chi connectivity index (χ1n) is 23.5. The van der Waals surface area contributed by atoms with E-state index in [9.17, 15) is 33.0 Å². The van der Waals surface area contributed by atoms with E-state index in [1.807, 2.05) is 42.7 Å². The third-order valence-electron chi connectivity index (χ3n) is 11.9. The molecule has 0 fully saturated rings. The lowest BCUT2D eigenvalue weighted by molar-refractivity contribution is -0.142. The lowest BCUT2D eigenvalue weighted by Crippen LogP contribution is -2.45. The summed E-state index contributed by atoms with van der Waals surface area (Å²) >= 11 is 0. The fourth-order valence-electron chi connectivity index (χ4n) is 7.64. The van der Waals surface area contributed by atoms with Crippen LogP contribution in [0.1, 0.15) is 64.0 Å². The standard InChI is InChI=1S/C19H17P.C18H16FNO.C12H27O4PSi.C7H15O4P/c1-20(17-11-5-2-6-12-17,18-13-7-3-8-14-18)19-15-9-4-10-16-19;1-12(2)20-16-6-4-3-5-15(16)18(17(20)11-21)13-7-9-14(19)10-8-13;1-12(2,3)18(6,7)16-10(8-11(13)14)9-17(4,5)15;1-11-7(9)4-6(8)5-12(2,3)10/h2-16H,1H2;3-12H,1-2H3;10H,8-9H2,1-7H3,(H,13,14);6,8H,4-5H2,1-3H3/t;;10-;6-/m..11/s1. The number of methoxy groups -OCH3 is 1. The number of carbonyl (C=O) groups excluding carboxylic acids is 2. The Kier molecular flexibility index (Phi) is 22.7. The molecular weight excluding hydrogens is 971 g/mol. The van der Waals surface area contributed by atoms with E-state index in [4.69, 9.17) is 15.8 Å². The molecule has 0 aliphatic rings. The predicted octanol–water partition coefficient (Wildman–Crippen LogP) is 12.3. The molecule has 1 aromatic heterocycles. The molecule has 0 unspecified atom stereocenters. The van der Waals surface area contributed by atoms with Gasteiger partial charge in [0.05, 0.1) is 52.1 Å². The van der Waals surface area contributed by atoms with Crippen LogP contribution in [0.3, 0.4) is 0 Å². The summed E-state index contributed by atoms with van der Waals surface area (Å²) in [6, 6.07) is 46.3. The summed E-state index contributed by atoms with van der Waals surface area (Å²) in [6.07, 6.45) is 4.65. The van der Waals surface area contributed by atoms with Crippen LogP contribution >= 0.6 is 21.2 Å². The number of aromatic nitrogens is 1. The highest BCUT2D eigenvalue weighted by atomic mass is 31.2. The number of carbonyl (C=O) groups is 3. The molecule has 2 atom stereocenters. The van der Waals surface area contributed by atoms with E-state index in [-0.39, 0.29) is 35.9 Å². The number of nitrogens with zero attached hydrogens (tertiary/aromatic N) is 1. The quantitative estimate of drug-likeness (QED) is 0.0418. The van der Waals surface area contributed by atoms with Gasteiger partial charge in [-0.15, -0.1) is 0 Å². The van der Waals surface area contributed by atoms with E-state index >= 15 is 0 Å². The SMILES string of the molecule is C=P(c1ccccc1)(c1ccccc1)c1ccccc1.CC(C)(C)[Si](C)(C)O[C@H](CC(=O)O)CP(C)(C)=O.CC(C)n1c(C=O)c(-c2ccc(F)cc2)c2ccccc21.COC(=O)C[C@@H](O)CP(C)(C)=O. The number of halogens is 1. The monoisotopic (exact) mass is 1050 g/mol. The molecule has 0 saturated carbocycles. The maximum atomic E-state index is 13.2. The number of esters is 1. The Morgan fingerprint density at radius 2 is 1.17 bits per heavy atom. The highest BCUT2D eigenvalue weighted by molar-refractivity contribution is 7.93. The Balaban J connectivity index is 0.000000255. The molecule has 0 bridgehead atoms. The second-order valence-electron chi connectivity index (χ2n) is 20.2. The number of hydrogen-bond acceptors (Lipinski definition) is 8.